The summed E-state index contributed by atoms with van der Waals surface area (Å²) in [5.41, 5.74) is 0.291. The van der Waals surface area contributed by atoms with E-state index in [2.05, 4.69) is 5.32 Å². The average molecular weight is 370 g/mol. The summed E-state index contributed by atoms with van der Waals surface area (Å²) in [7, 11) is 0. The number of hydrogen-bond acceptors (Lipinski definition) is 1. The van der Waals surface area contributed by atoms with E-state index in [9.17, 15) is 18.0 Å². The van der Waals surface area contributed by atoms with Crippen molar-refractivity contribution in [2.75, 3.05) is 10.2 Å². The highest BCUT2D eigenvalue weighted by molar-refractivity contribution is 6.02. The second-order valence-electron chi connectivity index (χ2n) is 5.88. The molecule has 0 bridgehead atoms. The maximum atomic E-state index is 13.2. The van der Waals surface area contributed by atoms with Gasteiger partial charge in [-0.2, -0.15) is 13.2 Å². The lowest BCUT2D eigenvalue weighted by Gasteiger charge is -2.24. The molecule has 0 radical (unpaired) electrons. The third kappa shape index (κ3) is 4.67. The summed E-state index contributed by atoms with van der Waals surface area (Å²) in [6.07, 6.45) is -4.55. The fourth-order valence-corrected chi connectivity index (χ4v) is 2.68. The number of benzene rings is 3. The van der Waals surface area contributed by atoms with Crippen molar-refractivity contribution in [2.24, 2.45) is 0 Å². The lowest BCUT2D eigenvalue weighted by Crippen LogP contribution is -2.35. The molecule has 0 fully saturated rings. The Morgan fingerprint density at radius 1 is 0.815 bits per heavy atom. The van der Waals surface area contributed by atoms with Crippen LogP contribution in [0.15, 0.2) is 84.9 Å². The molecule has 3 aromatic rings. The molecular weight excluding hydrogens is 353 g/mol. The van der Waals surface area contributed by atoms with E-state index in [1.165, 1.54) is 23.1 Å². The molecule has 3 aromatic carbocycles. The summed E-state index contributed by atoms with van der Waals surface area (Å²) in [6, 6.07) is 22.4. The number of nitrogens with zero attached hydrogens (tertiary/aromatic N) is 1. The van der Waals surface area contributed by atoms with Gasteiger partial charge in [-0.3, -0.25) is 4.90 Å². The van der Waals surface area contributed by atoms with Gasteiger partial charge in [-0.1, -0.05) is 60.7 Å². The van der Waals surface area contributed by atoms with Crippen LogP contribution in [-0.4, -0.2) is 6.03 Å². The van der Waals surface area contributed by atoms with Crippen LogP contribution >= 0.6 is 0 Å². The van der Waals surface area contributed by atoms with Crippen LogP contribution in [-0.2, 0) is 12.7 Å². The zero-order valence-corrected chi connectivity index (χ0v) is 14.3. The number of para-hydroxylation sites is 2. The zero-order valence-electron chi connectivity index (χ0n) is 14.3. The first-order chi connectivity index (χ1) is 12.9. The Kier molecular flexibility index (Phi) is 5.45. The lowest BCUT2D eigenvalue weighted by molar-refractivity contribution is -0.136. The topological polar surface area (TPSA) is 32.3 Å². The Labute approximate surface area is 155 Å². The van der Waals surface area contributed by atoms with Gasteiger partial charge in [0, 0.05) is 5.69 Å². The van der Waals surface area contributed by atoms with Gasteiger partial charge in [0.25, 0.3) is 0 Å². The van der Waals surface area contributed by atoms with Crippen molar-refractivity contribution in [3.8, 4) is 0 Å². The van der Waals surface area contributed by atoms with Gasteiger partial charge in [0.1, 0.15) is 0 Å². The van der Waals surface area contributed by atoms with Gasteiger partial charge >= 0.3 is 12.2 Å². The van der Waals surface area contributed by atoms with Crippen LogP contribution in [0.1, 0.15) is 11.1 Å². The summed E-state index contributed by atoms with van der Waals surface area (Å²) in [4.78, 5) is 14.2. The minimum Gasteiger partial charge on any atom is -0.307 e. The number of anilines is 2. The van der Waals surface area contributed by atoms with Crippen LogP contribution in [0.5, 0.6) is 0 Å². The molecule has 0 atom stereocenters. The number of hydrogen-bond donors (Lipinski definition) is 1. The first kappa shape index (κ1) is 18.5. The molecule has 0 spiro atoms. The number of amides is 2. The van der Waals surface area contributed by atoms with Crippen molar-refractivity contribution in [2.45, 2.75) is 12.7 Å². The highest BCUT2D eigenvalue weighted by Crippen LogP contribution is 2.34. The zero-order chi connectivity index (χ0) is 19.3. The van der Waals surface area contributed by atoms with Crippen LogP contribution < -0.4 is 10.2 Å². The van der Waals surface area contributed by atoms with Crippen molar-refractivity contribution < 1.29 is 18.0 Å². The van der Waals surface area contributed by atoms with E-state index >= 15 is 0 Å². The van der Waals surface area contributed by atoms with Gasteiger partial charge in [-0.15, -0.1) is 0 Å². The molecule has 6 heteroatoms. The van der Waals surface area contributed by atoms with Crippen LogP contribution in [0.2, 0.25) is 0 Å². The second-order valence-corrected chi connectivity index (χ2v) is 5.88. The fraction of sp³-hybridized carbons (Fsp3) is 0.0952. The number of nitrogens with one attached hydrogen (secondary N) is 1. The first-order valence-electron chi connectivity index (χ1n) is 8.29. The van der Waals surface area contributed by atoms with Gasteiger partial charge in [-0.05, 0) is 29.8 Å². The van der Waals surface area contributed by atoms with Crippen LogP contribution in [0.25, 0.3) is 0 Å². The molecule has 0 unspecified atom stereocenters. The van der Waals surface area contributed by atoms with E-state index in [-0.39, 0.29) is 12.2 Å². The molecule has 1 N–H and O–H groups in total. The maximum Gasteiger partial charge on any atom is 0.418 e. The minimum absolute atomic E-state index is 0.227. The van der Waals surface area contributed by atoms with Crippen molar-refractivity contribution in [1.29, 1.82) is 0 Å². The maximum absolute atomic E-state index is 13.2. The molecule has 138 valence electrons. The van der Waals surface area contributed by atoms with Crippen molar-refractivity contribution >= 4 is 17.4 Å². The second kappa shape index (κ2) is 7.95. The number of urea groups is 1. The predicted molar refractivity (Wildman–Crippen MR) is 99.5 cm³/mol. The minimum atomic E-state index is -4.55. The van der Waals surface area contributed by atoms with Gasteiger partial charge in [0.15, 0.2) is 0 Å². The predicted octanol–water partition coefficient (Wildman–Crippen LogP) is 5.94. The Hall–Kier alpha value is -3.28. The Bertz CT molecular complexity index is 896. The van der Waals surface area contributed by atoms with E-state index in [1.807, 2.05) is 30.3 Å². The van der Waals surface area contributed by atoms with Crippen LogP contribution in [0.3, 0.4) is 0 Å². The smallest absolute Gasteiger partial charge is 0.307 e. The molecular formula is C21H17F3N2O. The lowest BCUT2D eigenvalue weighted by atomic mass is 10.1. The standard InChI is InChI=1S/C21H17F3N2O/c22-21(23,24)18-13-7-8-14-19(18)25-20(27)26(17-11-5-2-6-12-17)15-16-9-3-1-4-10-16/h1-14H,15H2,(H,25,27). The third-order valence-corrected chi connectivity index (χ3v) is 3.97. The number of rotatable bonds is 4. The third-order valence-electron chi connectivity index (χ3n) is 3.97. The summed E-state index contributed by atoms with van der Waals surface area (Å²) in [6.45, 7) is 0.227. The Morgan fingerprint density at radius 3 is 2.00 bits per heavy atom. The van der Waals surface area contributed by atoms with Crippen LogP contribution in [0, 0.1) is 0 Å². The molecule has 0 saturated carbocycles. The molecule has 3 nitrogen and oxygen atoms in total. The molecule has 3 rings (SSSR count). The molecule has 0 heterocycles. The molecule has 0 aliphatic carbocycles. The Balaban J connectivity index is 1.90. The number of carbonyl (C=O) groups excluding carboxylic acids is 1. The summed E-state index contributed by atoms with van der Waals surface area (Å²) in [5, 5.41) is 2.40. The molecule has 27 heavy (non-hydrogen) atoms. The average Bonchev–Trinajstić information content (AvgIpc) is 2.67. The number of halogens is 3. The van der Waals surface area contributed by atoms with E-state index < -0.39 is 17.8 Å². The summed E-state index contributed by atoms with van der Waals surface area (Å²) < 4.78 is 39.6. The summed E-state index contributed by atoms with van der Waals surface area (Å²) >= 11 is 0. The first-order valence-corrected chi connectivity index (χ1v) is 8.29. The van der Waals surface area contributed by atoms with Gasteiger partial charge < -0.3 is 5.32 Å². The van der Waals surface area contributed by atoms with Gasteiger partial charge in [0.05, 0.1) is 17.8 Å². The Morgan fingerprint density at radius 2 is 1.37 bits per heavy atom. The molecule has 0 saturated heterocycles. The van der Waals surface area contributed by atoms with Gasteiger partial charge in [-0.25, -0.2) is 4.79 Å². The SMILES string of the molecule is O=C(Nc1ccccc1C(F)(F)F)N(Cc1ccccc1)c1ccccc1. The number of alkyl halides is 3. The fourth-order valence-electron chi connectivity index (χ4n) is 2.68. The van der Waals surface area contributed by atoms with Crippen LogP contribution in [0.4, 0.5) is 29.3 Å². The highest BCUT2D eigenvalue weighted by Gasteiger charge is 2.34. The largest absolute Gasteiger partial charge is 0.418 e. The molecule has 2 amide bonds. The van der Waals surface area contributed by atoms with Crippen molar-refractivity contribution in [1.82, 2.24) is 0 Å². The molecule has 0 aromatic heterocycles. The quantitative estimate of drug-likeness (QED) is 0.605. The normalized spacial score (nSPS) is 11.1. The van der Waals surface area contributed by atoms with Crippen molar-refractivity contribution in [3.63, 3.8) is 0 Å². The van der Waals surface area contributed by atoms with Gasteiger partial charge in [0.2, 0.25) is 0 Å². The van der Waals surface area contributed by atoms with Crippen molar-refractivity contribution in [3.05, 3.63) is 96.1 Å². The van der Waals surface area contributed by atoms with E-state index in [0.717, 1.165) is 11.6 Å². The van der Waals surface area contributed by atoms with E-state index in [4.69, 9.17) is 0 Å². The van der Waals surface area contributed by atoms with E-state index in [0.29, 0.717) is 5.69 Å². The van der Waals surface area contributed by atoms with E-state index in [1.54, 1.807) is 30.3 Å². The summed E-state index contributed by atoms with van der Waals surface area (Å²) in [5.74, 6) is 0. The number of carbonyl (C=O) groups is 1. The highest BCUT2D eigenvalue weighted by atomic mass is 19.4. The molecule has 0 aliphatic rings. The molecule has 0 aliphatic heterocycles. The monoisotopic (exact) mass is 370 g/mol.